The molecule has 0 unspecified atom stereocenters. The molecular formula is C10H8INO2. The van der Waals surface area contributed by atoms with Gasteiger partial charge in [0.15, 0.2) is 0 Å². The Kier molecular flexibility index (Phi) is 2.45. The van der Waals surface area contributed by atoms with Crippen LogP contribution in [0.25, 0.3) is 10.8 Å². The molecule has 1 heterocycles. The summed E-state index contributed by atoms with van der Waals surface area (Å²) < 4.78 is 6.15. The van der Waals surface area contributed by atoms with Gasteiger partial charge in [0.05, 0.1) is 16.1 Å². The van der Waals surface area contributed by atoms with E-state index in [2.05, 4.69) is 27.6 Å². The lowest BCUT2D eigenvalue weighted by Crippen LogP contribution is -2.04. The van der Waals surface area contributed by atoms with Crippen LogP contribution in [0.1, 0.15) is 0 Å². The summed E-state index contributed by atoms with van der Waals surface area (Å²) in [5, 5.41) is 1.59. The van der Waals surface area contributed by atoms with E-state index in [0.29, 0.717) is 5.39 Å². The van der Waals surface area contributed by atoms with Gasteiger partial charge in [-0.1, -0.05) is 0 Å². The maximum absolute atomic E-state index is 11.4. The highest BCUT2D eigenvalue weighted by atomic mass is 127. The lowest BCUT2D eigenvalue weighted by Gasteiger charge is -2.04. The standard InChI is InChI=1S/C10H8INO2/c1-14-9-5-7-6(4-8(9)11)2-3-12-10(7)13/h2-5H,1H3,(H,12,13). The highest BCUT2D eigenvalue weighted by Gasteiger charge is 2.04. The number of ether oxygens (including phenoxy) is 1. The molecule has 0 saturated carbocycles. The fourth-order valence-corrected chi connectivity index (χ4v) is 2.06. The maximum Gasteiger partial charge on any atom is 0.255 e. The molecule has 0 amide bonds. The molecule has 1 aromatic carbocycles. The molecule has 0 fully saturated rings. The molecule has 3 nitrogen and oxygen atoms in total. The zero-order valence-corrected chi connectivity index (χ0v) is 9.66. The molecule has 14 heavy (non-hydrogen) atoms. The van der Waals surface area contributed by atoms with Gasteiger partial charge >= 0.3 is 0 Å². The third-order valence-corrected chi connectivity index (χ3v) is 2.89. The average Bonchev–Trinajstić information content (AvgIpc) is 2.17. The number of H-pyrrole nitrogens is 1. The Morgan fingerprint density at radius 3 is 2.93 bits per heavy atom. The van der Waals surface area contributed by atoms with Crippen molar-refractivity contribution in [2.45, 2.75) is 0 Å². The molecule has 1 N–H and O–H groups in total. The van der Waals surface area contributed by atoms with Crippen molar-refractivity contribution >= 4 is 33.4 Å². The molecule has 72 valence electrons. The Hall–Kier alpha value is -1.04. The van der Waals surface area contributed by atoms with Crippen molar-refractivity contribution < 1.29 is 4.74 Å². The number of methoxy groups -OCH3 is 1. The first-order chi connectivity index (χ1) is 6.72. The number of fused-ring (bicyclic) bond motifs is 1. The van der Waals surface area contributed by atoms with Crippen molar-refractivity contribution in [3.63, 3.8) is 0 Å². The molecule has 0 aliphatic carbocycles. The van der Waals surface area contributed by atoms with E-state index in [1.165, 1.54) is 0 Å². The van der Waals surface area contributed by atoms with Crippen LogP contribution in [0, 0.1) is 3.57 Å². The van der Waals surface area contributed by atoms with Crippen molar-refractivity contribution in [3.8, 4) is 5.75 Å². The smallest absolute Gasteiger partial charge is 0.255 e. The first-order valence-electron chi connectivity index (χ1n) is 4.07. The fraction of sp³-hybridized carbons (Fsp3) is 0.100. The highest BCUT2D eigenvalue weighted by molar-refractivity contribution is 14.1. The van der Waals surface area contributed by atoms with Gasteiger partial charge in [-0.25, -0.2) is 0 Å². The van der Waals surface area contributed by atoms with Gasteiger partial charge in [0.2, 0.25) is 0 Å². The van der Waals surface area contributed by atoms with Gasteiger partial charge < -0.3 is 9.72 Å². The number of aromatic nitrogens is 1. The third-order valence-electron chi connectivity index (χ3n) is 2.05. The van der Waals surface area contributed by atoms with E-state index >= 15 is 0 Å². The monoisotopic (exact) mass is 301 g/mol. The topological polar surface area (TPSA) is 42.1 Å². The SMILES string of the molecule is COc1cc2c(=O)[nH]ccc2cc1I. The van der Waals surface area contributed by atoms with Crippen LogP contribution in [-0.4, -0.2) is 12.1 Å². The number of pyridine rings is 1. The first-order valence-corrected chi connectivity index (χ1v) is 5.15. The normalized spacial score (nSPS) is 10.4. The van der Waals surface area contributed by atoms with E-state index in [9.17, 15) is 4.79 Å². The Labute approximate surface area is 94.2 Å². The Balaban J connectivity index is 2.87. The van der Waals surface area contributed by atoms with Gasteiger partial charge in [-0.15, -0.1) is 0 Å². The van der Waals surface area contributed by atoms with E-state index in [1.807, 2.05) is 12.1 Å². The second kappa shape index (κ2) is 3.61. The number of rotatable bonds is 1. The molecule has 0 atom stereocenters. The third kappa shape index (κ3) is 1.50. The quantitative estimate of drug-likeness (QED) is 0.820. The minimum absolute atomic E-state index is 0.0859. The van der Waals surface area contributed by atoms with Crippen molar-refractivity contribution in [1.29, 1.82) is 0 Å². The first kappa shape index (κ1) is 9.51. The van der Waals surface area contributed by atoms with Crippen LogP contribution < -0.4 is 10.3 Å². The largest absolute Gasteiger partial charge is 0.496 e. The molecule has 4 heteroatoms. The average molecular weight is 301 g/mol. The maximum atomic E-state index is 11.4. The van der Waals surface area contributed by atoms with Crippen LogP contribution in [0.3, 0.4) is 0 Å². The van der Waals surface area contributed by atoms with Crippen LogP contribution in [0.4, 0.5) is 0 Å². The van der Waals surface area contributed by atoms with Crippen LogP contribution in [0.15, 0.2) is 29.2 Å². The lowest BCUT2D eigenvalue weighted by molar-refractivity contribution is 0.412. The minimum Gasteiger partial charge on any atom is -0.496 e. The Morgan fingerprint density at radius 1 is 1.43 bits per heavy atom. The molecule has 1 aromatic heterocycles. The summed E-state index contributed by atoms with van der Waals surface area (Å²) in [6.45, 7) is 0. The van der Waals surface area contributed by atoms with Crippen LogP contribution >= 0.6 is 22.6 Å². The number of benzene rings is 1. The summed E-state index contributed by atoms with van der Waals surface area (Å²) in [5.41, 5.74) is -0.0859. The van der Waals surface area contributed by atoms with Crippen LogP contribution in [0.5, 0.6) is 5.75 Å². The highest BCUT2D eigenvalue weighted by Crippen LogP contribution is 2.24. The molecule has 0 aliphatic rings. The van der Waals surface area contributed by atoms with E-state index in [4.69, 9.17) is 4.74 Å². The molecule has 0 aliphatic heterocycles. The van der Waals surface area contributed by atoms with Crippen molar-refractivity contribution in [2.75, 3.05) is 7.11 Å². The van der Waals surface area contributed by atoms with Crippen LogP contribution in [0.2, 0.25) is 0 Å². The van der Waals surface area contributed by atoms with Gasteiger partial charge in [-0.2, -0.15) is 0 Å². The fourth-order valence-electron chi connectivity index (χ4n) is 1.34. The zero-order chi connectivity index (χ0) is 10.1. The molecule has 0 spiro atoms. The van der Waals surface area contributed by atoms with Crippen molar-refractivity contribution in [1.82, 2.24) is 4.98 Å². The van der Waals surface area contributed by atoms with Crippen molar-refractivity contribution in [2.24, 2.45) is 0 Å². The summed E-state index contributed by atoms with van der Waals surface area (Å²) in [7, 11) is 1.60. The molecule has 0 radical (unpaired) electrons. The summed E-state index contributed by atoms with van der Waals surface area (Å²) >= 11 is 2.18. The zero-order valence-electron chi connectivity index (χ0n) is 7.50. The lowest BCUT2D eigenvalue weighted by atomic mass is 10.2. The van der Waals surface area contributed by atoms with E-state index in [1.54, 1.807) is 19.4 Å². The second-order valence-corrected chi connectivity index (χ2v) is 4.04. The number of halogens is 1. The summed E-state index contributed by atoms with van der Waals surface area (Å²) in [5.74, 6) is 0.731. The molecule has 0 bridgehead atoms. The van der Waals surface area contributed by atoms with E-state index in [0.717, 1.165) is 14.7 Å². The predicted octanol–water partition coefficient (Wildman–Crippen LogP) is 2.14. The number of hydrogen-bond acceptors (Lipinski definition) is 2. The van der Waals surface area contributed by atoms with E-state index < -0.39 is 0 Å². The van der Waals surface area contributed by atoms with Crippen molar-refractivity contribution in [3.05, 3.63) is 38.3 Å². The molecule has 0 saturated heterocycles. The van der Waals surface area contributed by atoms with E-state index in [-0.39, 0.29) is 5.56 Å². The van der Waals surface area contributed by atoms with Gasteiger partial charge in [0, 0.05) is 6.20 Å². The van der Waals surface area contributed by atoms with Gasteiger partial charge in [-0.05, 0) is 46.2 Å². The number of nitrogens with one attached hydrogen (secondary N) is 1. The number of hydrogen-bond donors (Lipinski definition) is 1. The van der Waals surface area contributed by atoms with Gasteiger partial charge in [0.1, 0.15) is 5.75 Å². The second-order valence-electron chi connectivity index (χ2n) is 2.88. The molecule has 2 rings (SSSR count). The summed E-state index contributed by atoms with van der Waals surface area (Å²) in [6, 6.07) is 5.57. The van der Waals surface area contributed by atoms with Gasteiger partial charge in [-0.3, -0.25) is 4.79 Å². The Bertz CT molecular complexity index is 533. The minimum atomic E-state index is -0.0859. The summed E-state index contributed by atoms with van der Waals surface area (Å²) in [6.07, 6.45) is 1.65. The molecular weight excluding hydrogens is 293 g/mol. The Morgan fingerprint density at radius 2 is 2.21 bits per heavy atom. The van der Waals surface area contributed by atoms with Gasteiger partial charge in [0.25, 0.3) is 5.56 Å². The molecule has 2 aromatic rings. The van der Waals surface area contributed by atoms with Crippen LogP contribution in [-0.2, 0) is 0 Å². The summed E-state index contributed by atoms with van der Waals surface area (Å²) in [4.78, 5) is 14.1. The predicted molar refractivity (Wildman–Crippen MR) is 63.8 cm³/mol. The number of aromatic amines is 1.